The van der Waals surface area contributed by atoms with E-state index in [4.69, 9.17) is 9.47 Å². The Balaban J connectivity index is 1.38. The lowest BCUT2D eigenvalue weighted by molar-refractivity contribution is 0.0323. The molecule has 0 bridgehead atoms. The number of ketones is 1. The van der Waals surface area contributed by atoms with Crippen LogP contribution >= 0.6 is 0 Å². The molecule has 1 aromatic heterocycles. The minimum absolute atomic E-state index is 0.101. The normalized spacial score (nSPS) is 19.4. The van der Waals surface area contributed by atoms with Gasteiger partial charge in [-0.2, -0.15) is 0 Å². The molecule has 2 aromatic rings. The summed E-state index contributed by atoms with van der Waals surface area (Å²) < 4.78 is 11.6. The molecule has 0 unspecified atom stereocenters. The molecule has 8 nitrogen and oxygen atoms in total. The van der Waals surface area contributed by atoms with E-state index in [0.29, 0.717) is 24.5 Å². The van der Waals surface area contributed by atoms with E-state index in [1.165, 1.54) is 0 Å². The van der Waals surface area contributed by atoms with Crippen molar-refractivity contribution in [2.75, 3.05) is 57.9 Å². The standard InChI is InChI=1S/C23H25N5O3/c29-19(17-3-2-6-24-16-17)15-21-26-22-18(23-25-7-8-28(21)23)4-1-5-20(22)31-14-11-27-9-12-30-13-10-27/h1-6,15-16,26H,7-14H2. The molecular weight excluding hydrogens is 394 g/mol. The van der Waals surface area contributed by atoms with Gasteiger partial charge in [-0.1, -0.05) is 6.07 Å². The zero-order chi connectivity index (χ0) is 21.0. The first-order valence-electron chi connectivity index (χ1n) is 10.6. The molecule has 3 aliphatic rings. The lowest BCUT2D eigenvalue weighted by atomic mass is 10.1. The molecule has 1 N–H and O–H groups in total. The Bertz CT molecular complexity index is 1020. The second-order valence-electron chi connectivity index (χ2n) is 7.60. The molecule has 31 heavy (non-hydrogen) atoms. The number of hydrogen-bond acceptors (Lipinski definition) is 8. The number of carbonyl (C=O) groups excluding carboxylic acids is 1. The number of fused-ring (bicyclic) bond motifs is 3. The predicted molar refractivity (Wildman–Crippen MR) is 118 cm³/mol. The van der Waals surface area contributed by atoms with Crippen molar-refractivity contribution >= 4 is 17.3 Å². The van der Waals surface area contributed by atoms with Crippen LogP contribution in [-0.2, 0) is 4.74 Å². The molecule has 160 valence electrons. The average Bonchev–Trinajstić information content (AvgIpc) is 3.31. The zero-order valence-corrected chi connectivity index (χ0v) is 17.3. The average molecular weight is 419 g/mol. The number of nitrogens with zero attached hydrogens (tertiary/aromatic N) is 4. The summed E-state index contributed by atoms with van der Waals surface area (Å²) in [5.41, 5.74) is 2.40. The number of benzene rings is 1. The number of carbonyl (C=O) groups is 1. The first-order valence-corrected chi connectivity index (χ1v) is 10.6. The lowest BCUT2D eigenvalue weighted by Gasteiger charge is -2.32. The zero-order valence-electron chi connectivity index (χ0n) is 17.3. The van der Waals surface area contributed by atoms with Crippen molar-refractivity contribution in [3.63, 3.8) is 0 Å². The molecule has 0 radical (unpaired) electrons. The third-order valence-electron chi connectivity index (χ3n) is 5.63. The number of para-hydroxylation sites is 1. The van der Waals surface area contributed by atoms with Gasteiger partial charge in [-0.15, -0.1) is 0 Å². The predicted octanol–water partition coefficient (Wildman–Crippen LogP) is 2.00. The van der Waals surface area contributed by atoms with Crippen molar-refractivity contribution in [3.8, 4) is 5.75 Å². The van der Waals surface area contributed by atoms with E-state index in [-0.39, 0.29) is 5.78 Å². The largest absolute Gasteiger partial charge is 0.490 e. The van der Waals surface area contributed by atoms with Gasteiger partial charge in [0.25, 0.3) is 0 Å². The van der Waals surface area contributed by atoms with Crippen molar-refractivity contribution in [2.45, 2.75) is 0 Å². The van der Waals surface area contributed by atoms with Gasteiger partial charge < -0.3 is 19.7 Å². The summed E-state index contributed by atoms with van der Waals surface area (Å²) in [5.74, 6) is 2.25. The summed E-state index contributed by atoms with van der Waals surface area (Å²) in [5, 5.41) is 3.43. The maximum Gasteiger partial charge on any atom is 0.191 e. The summed E-state index contributed by atoms with van der Waals surface area (Å²) in [6.45, 7) is 6.28. The molecule has 1 saturated heterocycles. The molecule has 3 aliphatic heterocycles. The molecule has 4 heterocycles. The number of allylic oxidation sites excluding steroid dienone is 1. The smallest absolute Gasteiger partial charge is 0.191 e. The minimum atomic E-state index is -0.101. The molecule has 0 aliphatic carbocycles. The highest BCUT2D eigenvalue weighted by Crippen LogP contribution is 2.37. The summed E-state index contributed by atoms with van der Waals surface area (Å²) >= 11 is 0. The maximum absolute atomic E-state index is 12.8. The van der Waals surface area contributed by atoms with Gasteiger partial charge in [-0.05, 0) is 24.3 Å². The SMILES string of the molecule is O=C(C=C1Nc2c(OCCN3CCOCC3)cccc2C2=NCCN12)c1cccnc1. The van der Waals surface area contributed by atoms with Gasteiger partial charge in [0.15, 0.2) is 5.78 Å². The minimum Gasteiger partial charge on any atom is -0.490 e. The van der Waals surface area contributed by atoms with Crippen LogP contribution in [0.4, 0.5) is 5.69 Å². The molecule has 0 atom stereocenters. The third-order valence-corrected chi connectivity index (χ3v) is 5.63. The number of amidine groups is 1. The van der Waals surface area contributed by atoms with Gasteiger partial charge in [-0.3, -0.25) is 19.7 Å². The van der Waals surface area contributed by atoms with E-state index >= 15 is 0 Å². The molecule has 1 fully saturated rings. The number of anilines is 1. The number of ether oxygens (including phenoxy) is 2. The van der Waals surface area contributed by atoms with Crippen LogP contribution in [0.3, 0.4) is 0 Å². The second-order valence-corrected chi connectivity index (χ2v) is 7.60. The Morgan fingerprint density at radius 1 is 1.19 bits per heavy atom. The van der Waals surface area contributed by atoms with Gasteiger partial charge in [0.05, 0.1) is 25.4 Å². The van der Waals surface area contributed by atoms with Crippen LogP contribution in [0.5, 0.6) is 5.75 Å². The number of morpholine rings is 1. The van der Waals surface area contributed by atoms with Crippen LogP contribution in [0.25, 0.3) is 0 Å². The monoisotopic (exact) mass is 419 g/mol. The van der Waals surface area contributed by atoms with E-state index in [9.17, 15) is 4.79 Å². The van der Waals surface area contributed by atoms with E-state index < -0.39 is 0 Å². The van der Waals surface area contributed by atoms with Gasteiger partial charge in [-0.25, -0.2) is 0 Å². The summed E-state index contributed by atoms with van der Waals surface area (Å²) in [7, 11) is 0. The summed E-state index contributed by atoms with van der Waals surface area (Å²) in [6, 6.07) is 9.50. The van der Waals surface area contributed by atoms with E-state index in [0.717, 1.165) is 62.2 Å². The molecule has 1 aromatic carbocycles. The highest BCUT2D eigenvalue weighted by molar-refractivity contribution is 6.11. The molecule has 8 heteroatoms. The summed E-state index contributed by atoms with van der Waals surface area (Å²) in [4.78, 5) is 25.9. The van der Waals surface area contributed by atoms with Crippen LogP contribution in [0.2, 0.25) is 0 Å². The number of aliphatic imine (C=N–C) groups is 1. The van der Waals surface area contributed by atoms with Crippen LogP contribution in [0, 0.1) is 0 Å². The highest BCUT2D eigenvalue weighted by atomic mass is 16.5. The molecule has 0 saturated carbocycles. The summed E-state index contributed by atoms with van der Waals surface area (Å²) in [6.07, 6.45) is 4.85. The van der Waals surface area contributed by atoms with Crippen molar-refractivity contribution in [3.05, 3.63) is 65.7 Å². The Morgan fingerprint density at radius 3 is 2.94 bits per heavy atom. The van der Waals surface area contributed by atoms with Gasteiger partial charge >= 0.3 is 0 Å². The number of aromatic nitrogens is 1. The van der Waals surface area contributed by atoms with Crippen LogP contribution in [0.1, 0.15) is 15.9 Å². The topological polar surface area (TPSA) is 79.3 Å². The van der Waals surface area contributed by atoms with Crippen LogP contribution < -0.4 is 10.1 Å². The Morgan fingerprint density at radius 2 is 2.10 bits per heavy atom. The van der Waals surface area contributed by atoms with E-state index in [1.54, 1.807) is 30.6 Å². The Kier molecular flexibility index (Phi) is 5.64. The van der Waals surface area contributed by atoms with Gasteiger partial charge in [0, 0.05) is 55.8 Å². The maximum atomic E-state index is 12.8. The first-order chi connectivity index (χ1) is 15.3. The Hall–Kier alpha value is -3.23. The molecular formula is C23H25N5O3. The van der Waals surface area contributed by atoms with Gasteiger partial charge in [0.1, 0.15) is 24.0 Å². The fourth-order valence-electron chi connectivity index (χ4n) is 4.01. The van der Waals surface area contributed by atoms with Crippen LogP contribution in [-0.4, -0.2) is 78.9 Å². The number of pyridine rings is 1. The van der Waals surface area contributed by atoms with E-state index in [1.807, 2.05) is 23.1 Å². The second kappa shape index (κ2) is 8.87. The quantitative estimate of drug-likeness (QED) is 0.567. The fourth-order valence-corrected chi connectivity index (χ4v) is 4.01. The molecule has 0 amide bonds. The Labute approximate surface area is 181 Å². The third kappa shape index (κ3) is 4.17. The van der Waals surface area contributed by atoms with E-state index in [2.05, 4.69) is 20.2 Å². The van der Waals surface area contributed by atoms with Crippen molar-refractivity contribution in [1.29, 1.82) is 0 Å². The fraction of sp³-hybridized carbons (Fsp3) is 0.348. The van der Waals surface area contributed by atoms with Gasteiger partial charge in [0.2, 0.25) is 0 Å². The number of rotatable bonds is 6. The van der Waals surface area contributed by atoms with Crippen molar-refractivity contribution in [2.24, 2.45) is 4.99 Å². The van der Waals surface area contributed by atoms with Crippen molar-refractivity contribution < 1.29 is 14.3 Å². The first kappa shape index (κ1) is 19.7. The van der Waals surface area contributed by atoms with Crippen LogP contribution in [0.15, 0.2) is 59.6 Å². The molecule has 5 rings (SSSR count). The lowest BCUT2D eigenvalue weighted by Crippen LogP contribution is -2.39. The molecule has 0 spiro atoms. The number of hydrogen-bond donors (Lipinski definition) is 1. The highest BCUT2D eigenvalue weighted by Gasteiger charge is 2.31. The van der Waals surface area contributed by atoms with Crippen molar-refractivity contribution in [1.82, 2.24) is 14.8 Å². The number of nitrogens with one attached hydrogen (secondary N) is 1.